The molecule has 166 valence electrons. The zero-order chi connectivity index (χ0) is 21.9. The minimum atomic E-state index is -0.283. The molecular formula is C27H30FN3O. The number of likely N-dealkylation sites (tertiary alicyclic amines) is 1. The molecular weight excluding hydrogens is 401 g/mol. The van der Waals surface area contributed by atoms with E-state index in [4.69, 9.17) is 0 Å². The number of carbonyl (C=O) groups excluding carboxylic acids is 1. The van der Waals surface area contributed by atoms with Crippen LogP contribution in [0, 0.1) is 5.82 Å². The summed E-state index contributed by atoms with van der Waals surface area (Å²) in [6.07, 6.45) is 10.5. The van der Waals surface area contributed by atoms with Gasteiger partial charge in [0.15, 0.2) is 0 Å². The Morgan fingerprint density at radius 1 is 1.12 bits per heavy atom. The lowest BCUT2D eigenvalue weighted by Crippen LogP contribution is -2.39. The number of para-hydroxylation sites is 1. The summed E-state index contributed by atoms with van der Waals surface area (Å²) in [6, 6.07) is 15.3. The van der Waals surface area contributed by atoms with Gasteiger partial charge in [-0.1, -0.05) is 48.6 Å². The SMILES string of the molecule is O=C(NC1CCN(CCc2ccc(F)cc2)C1)C1C=C2C=CCCC2Nc2ccccc21. The molecule has 1 fully saturated rings. The van der Waals surface area contributed by atoms with Crippen molar-refractivity contribution in [1.29, 1.82) is 0 Å². The van der Waals surface area contributed by atoms with Crippen LogP contribution in [0.4, 0.5) is 10.1 Å². The first-order valence-corrected chi connectivity index (χ1v) is 11.7. The van der Waals surface area contributed by atoms with Gasteiger partial charge in [-0.15, -0.1) is 0 Å². The van der Waals surface area contributed by atoms with Gasteiger partial charge in [0, 0.05) is 31.4 Å². The van der Waals surface area contributed by atoms with Crippen molar-refractivity contribution in [3.05, 3.63) is 89.3 Å². The predicted molar refractivity (Wildman–Crippen MR) is 126 cm³/mol. The molecule has 3 unspecified atom stereocenters. The molecule has 2 aliphatic heterocycles. The van der Waals surface area contributed by atoms with Crippen LogP contribution in [0.3, 0.4) is 0 Å². The number of rotatable bonds is 5. The van der Waals surface area contributed by atoms with Crippen LogP contribution in [0.2, 0.25) is 0 Å². The first-order chi connectivity index (χ1) is 15.7. The minimum Gasteiger partial charge on any atom is -0.378 e. The summed E-state index contributed by atoms with van der Waals surface area (Å²) < 4.78 is 13.1. The van der Waals surface area contributed by atoms with Gasteiger partial charge in [-0.05, 0) is 60.6 Å². The van der Waals surface area contributed by atoms with E-state index >= 15 is 0 Å². The molecule has 0 bridgehead atoms. The maximum Gasteiger partial charge on any atom is 0.231 e. The number of benzene rings is 2. The summed E-state index contributed by atoms with van der Waals surface area (Å²) in [5.74, 6) is -0.399. The Bertz CT molecular complexity index is 1030. The third-order valence-electron chi connectivity index (χ3n) is 6.85. The highest BCUT2D eigenvalue weighted by Crippen LogP contribution is 2.35. The molecule has 4 nitrogen and oxygen atoms in total. The second-order valence-corrected chi connectivity index (χ2v) is 9.08. The van der Waals surface area contributed by atoms with Gasteiger partial charge < -0.3 is 15.5 Å². The number of halogens is 1. The molecule has 2 heterocycles. The van der Waals surface area contributed by atoms with E-state index in [-0.39, 0.29) is 29.7 Å². The largest absolute Gasteiger partial charge is 0.378 e. The maximum absolute atomic E-state index is 13.4. The van der Waals surface area contributed by atoms with E-state index in [9.17, 15) is 9.18 Å². The van der Waals surface area contributed by atoms with Gasteiger partial charge in [-0.2, -0.15) is 0 Å². The Morgan fingerprint density at radius 3 is 2.84 bits per heavy atom. The van der Waals surface area contributed by atoms with Gasteiger partial charge >= 0.3 is 0 Å². The van der Waals surface area contributed by atoms with Crippen molar-refractivity contribution in [2.75, 3.05) is 25.0 Å². The molecule has 2 aromatic rings. The number of amides is 1. The minimum absolute atomic E-state index is 0.0803. The van der Waals surface area contributed by atoms with E-state index in [0.29, 0.717) is 0 Å². The van der Waals surface area contributed by atoms with Crippen molar-refractivity contribution < 1.29 is 9.18 Å². The summed E-state index contributed by atoms with van der Waals surface area (Å²) in [6.45, 7) is 2.75. The fourth-order valence-electron chi connectivity index (χ4n) is 5.06. The number of hydrogen-bond donors (Lipinski definition) is 2. The van der Waals surface area contributed by atoms with Crippen LogP contribution in [-0.4, -0.2) is 42.5 Å². The number of nitrogens with one attached hydrogen (secondary N) is 2. The van der Waals surface area contributed by atoms with Crippen LogP contribution >= 0.6 is 0 Å². The number of nitrogens with zero attached hydrogens (tertiary/aromatic N) is 1. The Labute approximate surface area is 189 Å². The Hall–Kier alpha value is -2.92. The number of anilines is 1. The quantitative estimate of drug-likeness (QED) is 0.737. The smallest absolute Gasteiger partial charge is 0.231 e. The normalized spacial score (nSPS) is 24.7. The van der Waals surface area contributed by atoms with Crippen molar-refractivity contribution in [1.82, 2.24) is 10.2 Å². The van der Waals surface area contributed by atoms with Crippen LogP contribution in [-0.2, 0) is 11.2 Å². The second kappa shape index (κ2) is 9.29. The first kappa shape index (κ1) is 21.0. The van der Waals surface area contributed by atoms with Crippen molar-refractivity contribution in [3.8, 4) is 0 Å². The molecule has 5 rings (SSSR count). The molecule has 1 aliphatic carbocycles. The summed E-state index contributed by atoms with van der Waals surface area (Å²) in [7, 11) is 0. The van der Waals surface area contributed by atoms with Crippen LogP contribution < -0.4 is 10.6 Å². The molecule has 5 heteroatoms. The fraction of sp³-hybridized carbons (Fsp3) is 0.370. The van der Waals surface area contributed by atoms with Gasteiger partial charge in [0.2, 0.25) is 5.91 Å². The molecule has 2 aromatic carbocycles. The highest BCUT2D eigenvalue weighted by atomic mass is 19.1. The standard InChI is InChI=1S/C27H30FN3O/c28-21-11-9-19(10-12-21)13-15-31-16-14-22(18-31)29-27(32)24-17-20-5-1-3-7-25(20)30-26-8-4-2-6-23(24)26/h1-2,4-6,8-12,17,22,24-25,30H,3,7,13-16,18H2,(H,29,32). The van der Waals surface area contributed by atoms with Gasteiger partial charge in [0.1, 0.15) is 5.82 Å². The van der Waals surface area contributed by atoms with E-state index < -0.39 is 0 Å². The Kier molecular flexibility index (Phi) is 6.08. The average molecular weight is 432 g/mol. The first-order valence-electron chi connectivity index (χ1n) is 11.7. The van der Waals surface area contributed by atoms with Crippen LogP contribution in [0.1, 0.15) is 36.3 Å². The van der Waals surface area contributed by atoms with E-state index in [1.807, 2.05) is 24.3 Å². The summed E-state index contributed by atoms with van der Waals surface area (Å²) in [5.41, 5.74) is 4.46. The number of allylic oxidation sites excluding steroid dienone is 1. The molecule has 1 amide bonds. The maximum atomic E-state index is 13.4. The molecule has 32 heavy (non-hydrogen) atoms. The van der Waals surface area contributed by atoms with Gasteiger partial charge in [0.25, 0.3) is 0 Å². The Balaban J connectivity index is 1.24. The van der Waals surface area contributed by atoms with Crippen molar-refractivity contribution in [2.45, 2.75) is 43.7 Å². The highest BCUT2D eigenvalue weighted by molar-refractivity contribution is 5.88. The topological polar surface area (TPSA) is 44.4 Å². The monoisotopic (exact) mass is 431 g/mol. The van der Waals surface area contributed by atoms with E-state index in [1.54, 1.807) is 0 Å². The lowest BCUT2D eigenvalue weighted by Gasteiger charge is -2.22. The zero-order valence-electron chi connectivity index (χ0n) is 18.3. The summed E-state index contributed by atoms with van der Waals surface area (Å²) in [4.78, 5) is 15.8. The third-order valence-corrected chi connectivity index (χ3v) is 6.85. The lowest BCUT2D eigenvalue weighted by molar-refractivity contribution is -0.122. The molecule has 2 N–H and O–H groups in total. The third kappa shape index (κ3) is 4.63. The molecule has 0 spiro atoms. The fourth-order valence-corrected chi connectivity index (χ4v) is 5.06. The second-order valence-electron chi connectivity index (χ2n) is 9.08. The molecule has 3 atom stereocenters. The molecule has 0 saturated carbocycles. The highest BCUT2D eigenvalue weighted by Gasteiger charge is 2.31. The molecule has 3 aliphatic rings. The van der Waals surface area contributed by atoms with Gasteiger partial charge in [-0.3, -0.25) is 4.79 Å². The van der Waals surface area contributed by atoms with Crippen molar-refractivity contribution in [2.24, 2.45) is 0 Å². The Morgan fingerprint density at radius 2 is 1.97 bits per heavy atom. The lowest BCUT2D eigenvalue weighted by atomic mass is 9.91. The van der Waals surface area contributed by atoms with Crippen molar-refractivity contribution in [3.63, 3.8) is 0 Å². The van der Waals surface area contributed by atoms with Crippen LogP contribution in [0.5, 0.6) is 0 Å². The summed E-state index contributed by atoms with van der Waals surface area (Å²) >= 11 is 0. The molecule has 0 aromatic heterocycles. The number of fused-ring (bicyclic) bond motifs is 2. The summed E-state index contributed by atoms with van der Waals surface area (Å²) in [5, 5.41) is 6.97. The van der Waals surface area contributed by atoms with Crippen LogP contribution in [0.25, 0.3) is 0 Å². The van der Waals surface area contributed by atoms with Crippen LogP contribution in [0.15, 0.2) is 72.3 Å². The molecule has 0 radical (unpaired) electrons. The molecule has 1 saturated heterocycles. The van der Waals surface area contributed by atoms with Gasteiger partial charge in [0.05, 0.1) is 12.0 Å². The predicted octanol–water partition coefficient (Wildman–Crippen LogP) is 4.41. The number of hydrogen-bond acceptors (Lipinski definition) is 3. The van der Waals surface area contributed by atoms with E-state index in [0.717, 1.165) is 62.1 Å². The number of carbonyl (C=O) groups is 1. The zero-order valence-corrected chi connectivity index (χ0v) is 18.3. The van der Waals surface area contributed by atoms with Gasteiger partial charge in [-0.25, -0.2) is 4.39 Å². The van der Waals surface area contributed by atoms with Crippen molar-refractivity contribution >= 4 is 11.6 Å². The average Bonchev–Trinajstić information content (AvgIpc) is 3.18. The van der Waals surface area contributed by atoms with E-state index in [2.05, 4.69) is 45.9 Å². The van der Waals surface area contributed by atoms with E-state index in [1.165, 1.54) is 17.7 Å².